The van der Waals surface area contributed by atoms with Crippen LogP contribution in [0.3, 0.4) is 0 Å². The predicted molar refractivity (Wildman–Crippen MR) is 409 cm³/mol. The van der Waals surface area contributed by atoms with Crippen molar-refractivity contribution in [3.05, 3.63) is 24.3 Å². The van der Waals surface area contributed by atoms with Gasteiger partial charge >= 0.3 is 39.5 Å². The van der Waals surface area contributed by atoms with Crippen molar-refractivity contribution >= 4 is 39.5 Å². The van der Waals surface area contributed by atoms with Crippen LogP contribution in [-0.2, 0) is 65.4 Å². The zero-order valence-electron chi connectivity index (χ0n) is 65.0. The van der Waals surface area contributed by atoms with E-state index in [0.29, 0.717) is 25.7 Å². The molecular formula is C81H154O17P2. The molecule has 17 nitrogen and oxygen atoms in total. The molecule has 0 radical (unpaired) electrons. The molecule has 0 rings (SSSR count). The maximum absolute atomic E-state index is 13.1. The fourth-order valence-electron chi connectivity index (χ4n) is 12.0. The molecule has 0 aromatic rings. The Morgan fingerprint density at radius 3 is 0.900 bits per heavy atom. The van der Waals surface area contributed by atoms with E-state index >= 15 is 0 Å². The molecule has 0 fully saturated rings. The SMILES string of the molecule is CCCCCC/C=C\C=C/CCCCCCCC(=O)O[C@H](COC(=O)CCCCCCCCC(C)CC)COP(=O)(O)OC[C@H](O)COP(=O)(O)OC[C@@H](COC(=O)CCCCCCCCCCCCCCCCCC)OC(=O)CCCCCCCCCCCCCCCCCCC(C)C. The van der Waals surface area contributed by atoms with Crippen molar-refractivity contribution in [2.24, 2.45) is 11.8 Å². The first-order valence-corrected chi connectivity index (χ1v) is 44.3. The molecule has 0 bridgehead atoms. The fourth-order valence-corrected chi connectivity index (χ4v) is 13.5. The molecule has 0 aromatic carbocycles. The lowest BCUT2D eigenvalue weighted by molar-refractivity contribution is -0.161. The van der Waals surface area contributed by atoms with Crippen LogP contribution < -0.4 is 0 Å². The van der Waals surface area contributed by atoms with Crippen LogP contribution in [0, 0.1) is 11.8 Å². The Morgan fingerprint density at radius 1 is 0.330 bits per heavy atom. The summed E-state index contributed by atoms with van der Waals surface area (Å²) in [5, 5.41) is 10.6. The summed E-state index contributed by atoms with van der Waals surface area (Å²) in [4.78, 5) is 73.0. The average molecular weight is 1460 g/mol. The predicted octanol–water partition coefficient (Wildman–Crippen LogP) is 23.8. The number of phosphoric acid groups is 2. The number of aliphatic hydroxyl groups is 1. The lowest BCUT2D eigenvalue weighted by atomic mass is 10.00. The highest BCUT2D eigenvalue weighted by Gasteiger charge is 2.30. The number of carbonyl (C=O) groups is 4. The van der Waals surface area contributed by atoms with Crippen molar-refractivity contribution < 1.29 is 80.2 Å². The van der Waals surface area contributed by atoms with Crippen LogP contribution in [-0.4, -0.2) is 96.7 Å². The highest BCUT2D eigenvalue weighted by atomic mass is 31.2. The normalized spacial score (nSPS) is 14.3. The Labute approximate surface area is 612 Å². The Morgan fingerprint density at radius 2 is 0.590 bits per heavy atom. The summed E-state index contributed by atoms with van der Waals surface area (Å²) in [7, 11) is -9.93. The number of esters is 4. The third-order valence-electron chi connectivity index (χ3n) is 18.7. The van der Waals surface area contributed by atoms with Crippen LogP contribution in [0.4, 0.5) is 0 Å². The number of aliphatic hydroxyl groups excluding tert-OH is 1. The number of phosphoric ester groups is 2. The van der Waals surface area contributed by atoms with Crippen LogP contribution in [0.2, 0.25) is 0 Å². The second-order valence-electron chi connectivity index (χ2n) is 29.2. The number of allylic oxidation sites excluding steroid dienone is 4. The molecule has 19 heteroatoms. The summed E-state index contributed by atoms with van der Waals surface area (Å²) in [5.41, 5.74) is 0. The van der Waals surface area contributed by atoms with E-state index in [0.717, 1.165) is 121 Å². The van der Waals surface area contributed by atoms with E-state index in [1.165, 1.54) is 199 Å². The standard InChI is InChI=1S/C81H154O17P2/c1-7-10-12-14-16-18-20-22-24-29-32-36-40-44-51-57-63-78(83)91-69-76(97-80(85)65-60-54-46-42-38-34-30-26-25-28-31-35-39-43-49-55-61-73(4)5)71-95-99(87,88)93-67-75(82)68-94-100(89,90)96-72-77(70-92-79(84)64-58-52-48-47-50-56-62-74(6)9-3)98-81(86)66-59-53-45-41-37-33-27-23-21-19-17-15-13-11-8-2/h19,21,23,27,73-77,82H,7-18,20,22,24-26,28-72H2,1-6H3,(H,87,88)(H,89,90)/b21-19-,27-23-/t74?,75-,76-,77-/m1/s1. The number of unbranched alkanes of at least 4 members (excludes halogenated alkanes) is 44. The molecule has 0 amide bonds. The van der Waals surface area contributed by atoms with E-state index in [1.807, 2.05) is 0 Å². The summed E-state index contributed by atoms with van der Waals surface area (Å²) in [6.07, 6.45) is 64.6. The summed E-state index contributed by atoms with van der Waals surface area (Å²) < 4.78 is 68.7. The van der Waals surface area contributed by atoms with Crippen LogP contribution in [0.25, 0.3) is 0 Å². The molecule has 0 aliphatic rings. The second kappa shape index (κ2) is 72.1. The molecule has 0 spiro atoms. The van der Waals surface area contributed by atoms with Crippen LogP contribution in [0.1, 0.15) is 401 Å². The number of hydrogen-bond donors (Lipinski definition) is 3. The minimum Gasteiger partial charge on any atom is -0.462 e. The van der Waals surface area contributed by atoms with Crippen molar-refractivity contribution in [2.75, 3.05) is 39.6 Å². The first-order valence-electron chi connectivity index (χ1n) is 41.3. The van der Waals surface area contributed by atoms with Gasteiger partial charge in [0.25, 0.3) is 0 Å². The minimum atomic E-state index is -4.97. The van der Waals surface area contributed by atoms with Gasteiger partial charge in [-0.05, 0) is 63.2 Å². The summed E-state index contributed by atoms with van der Waals surface area (Å²) in [5.74, 6) is -0.605. The Kier molecular flexibility index (Phi) is 70.3. The molecule has 100 heavy (non-hydrogen) atoms. The number of rotatable bonds is 78. The quantitative estimate of drug-likeness (QED) is 0.0169. The second-order valence-corrected chi connectivity index (χ2v) is 32.1. The number of hydrogen-bond acceptors (Lipinski definition) is 15. The molecule has 0 aliphatic carbocycles. The molecule has 3 N–H and O–H groups in total. The highest BCUT2D eigenvalue weighted by Crippen LogP contribution is 2.45. The summed E-state index contributed by atoms with van der Waals surface area (Å²) in [6.45, 7) is 9.55. The smallest absolute Gasteiger partial charge is 0.462 e. The van der Waals surface area contributed by atoms with Gasteiger partial charge < -0.3 is 33.8 Å². The maximum atomic E-state index is 13.1. The molecule has 3 unspecified atom stereocenters. The van der Waals surface area contributed by atoms with E-state index in [1.54, 1.807) is 0 Å². The number of carbonyl (C=O) groups excluding carboxylic acids is 4. The highest BCUT2D eigenvalue weighted by molar-refractivity contribution is 7.47. The molecular weight excluding hydrogens is 1310 g/mol. The third-order valence-corrected chi connectivity index (χ3v) is 20.6. The Balaban J connectivity index is 5.28. The van der Waals surface area contributed by atoms with E-state index in [2.05, 4.69) is 65.8 Å². The lowest BCUT2D eigenvalue weighted by Gasteiger charge is -2.21. The number of ether oxygens (including phenoxy) is 4. The van der Waals surface area contributed by atoms with Crippen LogP contribution in [0.15, 0.2) is 24.3 Å². The molecule has 0 heterocycles. The van der Waals surface area contributed by atoms with E-state index in [-0.39, 0.29) is 25.7 Å². The topological polar surface area (TPSA) is 237 Å². The van der Waals surface area contributed by atoms with Crippen molar-refractivity contribution in [1.82, 2.24) is 0 Å². The molecule has 0 saturated heterocycles. The van der Waals surface area contributed by atoms with E-state index in [4.69, 9.17) is 37.0 Å². The van der Waals surface area contributed by atoms with Gasteiger partial charge in [0.05, 0.1) is 26.4 Å². The van der Waals surface area contributed by atoms with Crippen molar-refractivity contribution in [3.8, 4) is 0 Å². The third kappa shape index (κ3) is 72.5. The van der Waals surface area contributed by atoms with Crippen molar-refractivity contribution in [2.45, 2.75) is 419 Å². The Bertz CT molecular complexity index is 2020. The summed E-state index contributed by atoms with van der Waals surface area (Å²) >= 11 is 0. The summed E-state index contributed by atoms with van der Waals surface area (Å²) in [6, 6.07) is 0. The van der Waals surface area contributed by atoms with Gasteiger partial charge in [-0.2, -0.15) is 0 Å². The minimum absolute atomic E-state index is 0.0843. The lowest BCUT2D eigenvalue weighted by Crippen LogP contribution is -2.30. The average Bonchev–Trinajstić information content (AvgIpc) is 0.923. The van der Waals surface area contributed by atoms with Gasteiger partial charge in [0, 0.05) is 25.7 Å². The van der Waals surface area contributed by atoms with Gasteiger partial charge in [0.15, 0.2) is 12.2 Å². The van der Waals surface area contributed by atoms with Gasteiger partial charge in [-0.1, -0.05) is 348 Å². The monoisotopic (exact) mass is 1460 g/mol. The first-order chi connectivity index (χ1) is 48.4. The molecule has 6 atom stereocenters. The molecule has 590 valence electrons. The fraction of sp³-hybridized carbons (Fsp3) is 0.901. The largest absolute Gasteiger partial charge is 0.472 e. The van der Waals surface area contributed by atoms with Crippen LogP contribution >= 0.6 is 15.6 Å². The van der Waals surface area contributed by atoms with E-state index < -0.39 is 97.5 Å². The Hall–Kier alpha value is -2.46. The molecule has 0 aromatic heterocycles. The molecule has 0 aliphatic heterocycles. The van der Waals surface area contributed by atoms with Crippen molar-refractivity contribution in [1.29, 1.82) is 0 Å². The van der Waals surface area contributed by atoms with E-state index in [9.17, 15) is 43.2 Å². The van der Waals surface area contributed by atoms with Crippen molar-refractivity contribution in [3.63, 3.8) is 0 Å². The van der Waals surface area contributed by atoms with Gasteiger partial charge in [-0.15, -0.1) is 0 Å². The van der Waals surface area contributed by atoms with Gasteiger partial charge in [0.1, 0.15) is 19.3 Å². The van der Waals surface area contributed by atoms with Crippen LogP contribution in [0.5, 0.6) is 0 Å². The van der Waals surface area contributed by atoms with Gasteiger partial charge in [-0.25, -0.2) is 9.13 Å². The van der Waals surface area contributed by atoms with Gasteiger partial charge in [-0.3, -0.25) is 37.3 Å². The van der Waals surface area contributed by atoms with Gasteiger partial charge in [0.2, 0.25) is 0 Å². The molecule has 0 saturated carbocycles. The zero-order chi connectivity index (χ0) is 73.5. The zero-order valence-corrected chi connectivity index (χ0v) is 66.8. The first kappa shape index (κ1) is 97.5. The maximum Gasteiger partial charge on any atom is 0.472 e.